The van der Waals surface area contributed by atoms with Crippen molar-refractivity contribution in [2.45, 2.75) is 58.0 Å². The molecule has 1 aliphatic carbocycles. The summed E-state index contributed by atoms with van der Waals surface area (Å²) in [5.41, 5.74) is 1.21. The van der Waals surface area contributed by atoms with Gasteiger partial charge in [-0.1, -0.05) is 25.3 Å². The number of benzene rings is 1. The molecule has 2 aliphatic rings. The summed E-state index contributed by atoms with van der Waals surface area (Å²) in [6.45, 7) is 3.55. The van der Waals surface area contributed by atoms with Crippen LogP contribution in [0.1, 0.15) is 49.3 Å². The number of fused-ring (bicyclic) bond motifs is 1. The minimum Gasteiger partial charge on any atom is -0.454 e. The highest BCUT2D eigenvalue weighted by atomic mass is 127. The van der Waals surface area contributed by atoms with E-state index in [1.807, 2.05) is 24.6 Å². The molecule has 164 valence electrons. The van der Waals surface area contributed by atoms with Gasteiger partial charge in [0, 0.05) is 19.6 Å². The van der Waals surface area contributed by atoms with E-state index in [0.29, 0.717) is 19.4 Å². The Morgan fingerprint density at radius 3 is 2.73 bits per heavy atom. The Labute approximate surface area is 194 Å². The van der Waals surface area contributed by atoms with Crippen LogP contribution < -0.4 is 20.1 Å². The van der Waals surface area contributed by atoms with Crippen molar-refractivity contribution in [1.29, 1.82) is 0 Å². The van der Waals surface area contributed by atoms with Gasteiger partial charge in [0.1, 0.15) is 12.4 Å². The van der Waals surface area contributed by atoms with Gasteiger partial charge in [-0.25, -0.2) is 4.99 Å². The lowest BCUT2D eigenvalue weighted by Crippen LogP contribution is -2.44. The number of ether oxygens (including phenoxy) is 2. The lowest BCUT2D eigenvalue weighted by molar-refractivity contribution is 0.174. The number of hydrogen-bond donors (Lipinski definition) is 2. The molecular weight excluding hydrogens is 495 g/mol. The van der Waals surface area contributed by atoms with Gasteiger partial charge in [-0.3, -0.25) is 0 Å². The van der Waals surface area contributed by atoms with E-state index in [0.717, 1.165) is 42.1 Å². The van der Waals surface area contributed by atoms with Crippen LogP contribution in [0.4, 0.5) is 0 Å². The van der Waals surface area contributed by atoms with Gasteiger partial charge in [-0.15, -0.1) is 34.2 Å². The summed E-state index contributed by atoms with van der Waals surface area (Å²) in [5, 5.41) is 15.4. The quantitative estimate of drug-likeness (QED) is 0.342. The van der Waals surface area contributed by atoms with Crippen molar-refractivity contribution in [3.63, 3.8) is 0 Å². The van der Waals surface area contributed by atoms with Crippen molar-refractivity contribution in [3.05, 3.63) is 35.4 Å². The maximum atomic E-state index is 5.47. The summed E-state index contributed by atoms with van der Waals surface area (Å²) in [7, 11) is 1.97. The molecule has 0 radical (unpaired) electrons. The van der Waals surface area contributed by atoms with E-state index < -0.39 is 0 Å². The van der Waals surface area contributed by atoms with Crippen LogP contribution in [0, 0.1) is 6.92 Å². The molecule has 0 spiro atoms. The monoisotopic (exact) mass is 526 g/mol. The first-order valence-electron chi connectivity index (χ1n) is 10.5. The third-order valence-corrected chi connectivity index (χ3v) is 5.65. The van der Waals surface area contributed by atoms with E-state index in [-0.39, 0.29) is 24.0 Å². The molecular formula is C21H31IN6O2. The Morgan fingerprint density at radius 2 is 1.97 bits per heavy atom. The molecule has 0 atom stereocenters. The standard InChI is InChI=1S/C21H30N6O2.HI/c1-15-25-26-20(27(15)2)13-23-21(24-17-6-4-3-5-7-17)22-11-10-16-8-9-18-19(12-16)29-14-28-18;/h8-9,12,17H,3-7,10-11,13-14H2,1-2H3,(H2,22,23,24);1H. The molecule has 1 saturated carbocycles. The summed E-state index contributed by atoms with van der Waals surface area (Å²) in [5.74, 6) is 4.25. The van der Waals surface area contributed by atoms with Crippen molar-refractivity contribution in [3.8, 4) is 11.5 Å². The molecule has 2 N–H and O–H groups in total. The van der Waals surface area contributed by atoms with Crippen LogP contribution in [0.5, 0.6) is 11.5 Å². The molecule has 1 fully saturated rings. The van der Waals surface area contributed by atoms with Crippen LogP contribution in [-0.4, -0.2) is 40.1 Å². The van der Waals surface area contributed by atoms with Gasteiger partial charge in [-0.05, 0) is 43.9 Å². The molecule has 2 heterocycles. The van der Waals surface area contributed by atoms with E-state index in [4.69, 9.17) is 14.5 Å². The van der Waals surface area contributed by atoms with Gasteiger partial charge in [0.15, 0.2) is 23.3 Å². The van der Waals surface area contributed by atoms with Crippen LogP contribution >= 0.6 is 24.0 Å². The Morgan fingerprint density at radius 1 is 1.17 bits per heavy atom. The smallest absolute Gasteiger partial charge is 0.231 e. The van der Waals surface area contributed by atoms with Gasteiger partial charge in [-0.2, -0.15) is 0 Å². The largest absolute Gasteiger partial charge is 0.454 e. The fourth-order valence-electron chi connectivity index (χ4n) is 3.75. The van der Waals surface area contributed by atoms with E-state index in [2.05, 4.69) is 33.0 Å². The van der Waals surface area contributed by atoms with Crippen LogP contribution in [0.3, 0.4) is 0 Å². The molecule has 8 nitrogen and oxygen atoms in total. The van der Waals surface area contributed by atoms with E-state index >= 15 is 0 Å². The molecule has 0 unspecified atom stereocenters. The Balaban J connectivity index is 0.00000256. The lowest BCUT2D eigenvalue weighted by atomic mass is 9.96. The second-order valence-corrected chi connectivity index (χ2v) is 7.73. The Bertz CT molecular complexity index is 863. The molecule has 30 heavy (non-hydrogen) atoms. The average molecular weight is 526 g/mol. The number of nitrogens with zero attached hydrogens (tertiary/aromatic N) is 4. The van der Waals surface area contributed by atoms with Crippen LogP contribution in [0.2, 0.25) is 0 Å². The summed E-state index contributed by atoms with van der Waals surface area (Å²) in [4.78, 5) is 4.78. The first kappa shape index (κ1) is 22.6. The topological polar surface area (TPSA) is 85.6 Å². The minimum absolute atomic E-state index is 0. The highest BCUT2D eigenvalue weighted by molar-refractivity contribution is 14.0. The van der Waals surface area contributed by atoms with Crippen molar-refractivity contribution in [2.24, 2.45) is 12.0 Å². The van der Waals surface area contributed by atoms with Gasteiger partial charge in [0.05, 0.1) is 0 Å². The number of hydrogen-bond acceptors (Lipinski definition) is 5. The van der Waals surface area contributed by atoms with Crippen LogP contribution in [-0.2, 0) is 20.0 Å². The number of halogens is 1. The van der Waals surface area contributed by atoms with E-state index in [9.17, 15) is 0 Å². The first-order chi connectivity index (χ1) is 14.2. The lowest BCUT2D eigenvalue weighted by Gasteiger charge is -2.25. The zero-order valence-electron chi connectivity index (χ0n) is 17.7. The molecule has 0 amide bonds. The molecule has 0 saturated heterocycles. The zero-order chi connectivity index (χ0) is 20.1. The van der Waals surface area contributed by atoms with Crippen molar-refractivity contribution in [2.75, 3.05) is 13.3 Å². The maximum absolute atomic E-state index is 5.47. The predicted molar refractivity (Wildman–Crippen MR) is 127 cm³/mol. The van der Waals surface area contributed by atoms with E-state index in [1.165, 1.54) is 37.7 Å². The summed E-state index contributed by atoms with van der Waals surface area (Å²) >= 11 is 0. The zero-order valence-corrected chi connectivity index (χ0v) is 20.0. The molecule has 4 rings (SSSR count). The number of nitrogens with one attached hydrogen (secondary N) is 2. The fraction of sp³-hybridized carbons (Fsp3) is 0.571. The molecule has 1 aromatic heterocycles. The third kappa shape index (κ3) is 5.77. The normalized spacial score (nSPS) is 16.3. The molecule has 1 aliphatic heterocycles. The van der Waals surface area contributed by atoms with Crippen molar-refractivity contribution >= 4 is 29.9 Å². The van der Waals surface area contributed by atoms with Crippen LogP contribution in [0.15, 0.2) is 23.2 Å². The van der Waals surface area contributed by atoms with Crippen LogP contribution in [0.25, 0.3) is 0 Å². The fourth-order valence-corrected chi connectivity index (χ4v) is 3.75. The average Bonchev–Trinajstić information content (AvgIpc) is 3.33. The minimum atomic E-state index is 0. The molecule has 1 aromatic carbocycles. The maximum Gasteiger partial charge on any atom is 0.231 e. The van der Waals surface area contributed by atoms with E-state index in [1.54, 1.807) is 0 Å². The first-order valence-corrected chi connectivity index (χ1v) is 10.5. The predicted octanol–water partition coefficient (Wildman–Crippen LogP) is 3.08. The SMILES string of the molecule is Cc1nnc(CN=C(NCCc2ccc3c(c2)OCO3)NC2CCCCC2)n1C.I. The molecule has 0 bridgehead atoms. The number of aromatic nitrogens is 3. The summed E-state index contributed by atoms with van der Waals surface area (Å²) in [6, 6.07) is 6.60. The van der Waals surface area contributed by atoms with Gasteiger partial charge >= 0.3 is 0 Å². The number of guanidine groups is 1. The second kappa shape index (κ2) is 10.8. The van der Waals surface area contributed by atoms with Gasteiger partial charge in [0.2, 0.25) is 6.79 Å². The van der Waals surface area contributed by atoms with Gasteiger partial charge < -0.3 is 24.7 Å². The Kier molecular flexibility index (Phi) is 8.17. The van der Waals surface area contributed by atoms with Gasteiger partial charge in [0.25, 0.3) is 0 Å². The molecule has 2 aromatic rings. The van der Waals surface area contributed by atoms with Crippen molar-refractivity contribution < 1.29 is 9.47 Å². The summed E-state index contributed by atoms with van der Waals surface area (Å²) in [6.07, 6.45) is 7.18. The van der Waals surface area contributed by atoms with Crippen molar-refractivity contribution in [1.82, 2.24) is 25.4 Å². The summed E-state index contributed by atoms with van der Waals surface area (Å²) < 4.78 is 12.8. The third-order valence-electron chi connectivity index (χ3n) is 5.65. The highest BCUT2D eigenvalue weighted by Gasteiger charge is 2.16. The highest BCUT2D eigenvalue weighted by Crippen LogP contribution is 2.32. The second-order valence-electron chi connectivity index (χ2n) is 7.73. The number of rotatable bonds is 6. The Hall–Kier alpha value is -2.04. The number of aryl methyl sites for hydroxylation is 1. The molecule has 9 heteroatoms. The number of aliphatic imine (C=N–C) groups is 1.